The molecule has 1 fully saturated rings. The maximum absolute atomic E-state index is 11.7. The Labute approximate surface area is 86.5 Å². The van der Waals surface area contributed by atoms with E-state index >= 15 is 0 Å². The van der Waals surface area contributed by atoms with Crippen LogP contribution in [0.25, 0.3) is 0 Å². The van der Waals surface area contributed by atoms with Crippen molar-refractivity contribution in [1.29, 1.82) is 0 Å². The van der Waals surface area contributed by atoms with Crippen molar-refractivity contribution in [3.63, 3.8) is 0 Å². The first-order valence-electron chi connectivity index (χ1n) is 5.22. The molecule has 5 heteroatoms. The van der Waals surface area contributed by atoms with Crippen LogP contribution in [0.2, 0.25) is 0 Å². The minimum absolute atomic E-state index is 0.180. The fraction of sp³-hybridized carbons (Fsp3) is 1.00. The second kappa shape index (κ2) is 5.09. The van der Waals surface area contributed by atoms with Crippen molar-refractivity contribution in [2.75, 3.05) is 13.6 Å². The SMILES string of the molecule is CNCC(C)S(=O)(=O)NC1CCCC1. The lowest BCUT2D eigenvalue weighted by Gasteiger charge is -2.17. The largest absolute Gasteiger partial charge is 0.318 e. The average Bonchev–Trinajstić information content (AvgIpc) is 2.56. The highest BCUT2D eigenvalue weighted by molar-refractivity contribution is 7.90. The van der Waals surface area contributed by atoms with E-state index in [0.717, 1.165) is 25.7 Å². The molecular formula is C9H20N2O2S. The van der Waals surface area contributed by atoms with Gasteiger partial charge in [0, 0.05) is 12.6 Å². The molecule has 1 unspecified atom stereocenters. The van der Waals surface area contributed by atoms with Gasteiger partial charge in [-0.1, -0.05) is 12.8 Å². The summed E-state index contributed by atoms with van der Waals surface area (Å²) >= 11 is 0. The molecule has 0 amide bonds. The second-order valence-electron chi connectivity index (χ2n) is 4.01. The quantitative estimate of drug-likeness (QED) is 0.707. The molecule has 2 N–H and O–H groups in total. The Morgan fingerprint density at radius 3 is 2.43 bits per heavy atom. The van der Waals surface area contributed by atoms with E-state index in [1.54, 1.807) is 14.0 Å². The van der Waals surface area contributed by atoms with Crippen molar-refractivity contribution in [2.45, 2.75) is 43.9 Å². The van der Waals surface area contributed by atoms with Crippen LogP contribution in [0.4, 0.5) is 0 Å². The van der Waals surface area contributed by atoms with Crippen LogP contribution in [0.5, 0.6) is 0 Å². The minimum atomic E-state index is -3.12. The van der Waals surface area contributed by atoms with Gasteiger partial charge in [0.2, 0.25) is 10.0 Å². The van der Waals surface area contributed by atoms with Crippen molar-refractivity contribution >= 4 is 10.0 Å². The highest BCUT2D eigenvalue weighted by Gasteiger charge is 2.25. The molecular weight excluding hydrogens is 200 g/mol. The smallest absolute Gasteiger partial charge is 0.215 e. The number of hydrogen-bond donors (Lipinski definition) is 2. The molecule has 84 valence electrons. The van der Waals surface area contributed by atoms with Crippen LogP contribution >= 0.6 is 0 Å². The van der Waals surface area contributed by atoms with E-state index in [2.05, 4.69) is 10.0 Å². The van der Waals surface area contributed by atoms with Crippen LogP contribution in [-0.4, -0.2) is 33.3 Å². The molecule has 1 saturated carbocycles. The van der Waals surface area contributed by atoms with E-state index < -0.39 is 10.0 Å². The Morgan fingerprint density at radius 1 is 1.36 bits per heavy atom. The summed E-state index contributed by atoms with van der Waals surface area (Å²) in [7, 11) is -1.35. The number of sulfonamides is 1. The van der Waals surface area contributed by atoms with Crippen LogP contribution in [-0.2, 0) is 10.0 Å². The fourth-order valence-electron chi connectivity index (χ4n) is 1.79. The van der Waals surface area contributed by atoms with Crippen molar-refractivity contribution in [3.8, 4) is 0 Å². The summed E-state index contributed by atoms with van der Waals surface area (Å²) in [6.07, 6.45) is 4.28. The Bertz CT molecular complexity index is 258. The second-order valence-corrected chi connectivity index (χ2v) is 6.14. The molecule has 1 aliphatic rings. The van der Waals surface area contributed by atoms with Crippen LogP contribution in [0.1, 0.15) is 32.6 Å². The first kappa shape index (κ1) is 11.9. The first-order chi connectivity index (χ1) is 6.56. The van der Waals surface area contributed by atoms with Crippen LogP contribution in [0.3, 0.4) is 0 Å². The lowest BCUT2D eigenvalue weighted by atomic mass is 10.3. The van der Waals surface area contributed by atoms with E-state index in [0.29, 0.717) is 6.54 Å². The number of hydrogen-bond acceptors (Lipinski definition) is 3. The zero-order valence-corrected chi connectivity index (χ0v) is 9.73. The Kier molecular flexibility index (Phi) is 4.34. The third-order valence-electron chi connectivity index (χ3n) is 2.71. The van der Waals surface area contributed by atoms with Crippen LogP contribution in [0.15, 0.2) is 0 Å². The molecule has 0 aromatic carbocycles. The third kappa shape index (κ3) is 3.22. The van der Waals surface area contributed by atoms with Gasteiger partial charge in [0.05, 0.1) is 5.25 Å². The summed E-state index contributed by atoms with van der Waals surface area (Å²) in [5, 5.41) is 2.53. The van der Waals surface area contributed by atoms with Gasteiger partial charge in [-0.25, -0.2) is 13.1 Å². The van der Waals surface area contributed by atoms with Crippen molar-refractivity contribution in [3.05, 3.63) is 0 Å². The van der Waals surface area contributed by atoms with Crippen molar-refractivity contribution < 1.29 is 8.42 Å². The maximum atomic E-state index is 11.7. The summed E-state index contributed by atoms with van der Waals surface area (Å²) in [6, 6.07) is 0.180. The molecule has 0 saturated heterocycles. The predicted octanol–water partition coefficient (Wildman–Crippen LogP) is 0.456. The molecule has 14 heavy (non-hydrogen) atoms. The molecule has 0 aliphatic heterocycles. The van der Waals surface area contributed by atoms with Gasteiger partial charge in [0.15, 0.2) is 0 Å². The molecule has 0 spiro atoms. The Hall–Kier alpha value is -0.130. The average molecular weight is 220 g/mol. The molecule has 0 radical (unpaired) electrons. The van der Waals surface area contributed by atoms with E-state index in [-0.39, 0.29) is 11.3 Å². The predicted molar refractivity (Wildman–Crippen MR) is 57.7 cm³/mol. The number of rotatable bonds is 5. The zero-order valence-electron chi connectivity index (χ0n) is 8.91. The van der Waals surface area contributed by atoms with E-state index in [1.165, 1.54) is 0 Å². The molecule has 4 nitrogen and oxygen atoms in total. The van der Waals surface area contributed by atoms with Crippen molar-refractivity contribution in [1.82, 2.24) is 10.0 Å². The summed E-state index contributed by atoms with van der Waals surface area (Å²) in [5.74, 6) is 0. The summed E-state index contributed by atoms with van der Waals surface area (Å²) in [6.45, 7) is 2.23. The van der Waals surface area contributed by atoms with Crippen LogP contribution < -0.4 is 10.0 Å². The number of nitrogens with one attached hydrogen (secondary N) is 2. The highest BCUT2D eigenvalue weighted by Crippen LogP contribution is 2.19. The summed E-state index contributed by atoms with van der Waals surface area (Å²) in [5.41, 5.74) is 0. The van der Waals surface area contributed by atoms with Gasteiger partial charge in [0.25, 0.3) is 0 Å². The fourth-order valence-corrected chi connectivity index (χ4v) is 3.11. The summed E-state index contributed by atoms with van der Waals surface area (Å²) < 4.78 is 26.2. The lowest BCUT2D eigenvalue weighted by molar-refractivity contribution is 0.537. The zero-order chi connectivity index (χ0) is 10.6. The Balaban J connectivity index is 2.47. The first-order valence-corrected chi connectivity index (χ1v) is 6.76. The summed E-state index contributed by atoms with van der Waals surface area (Å²) in [4.78, 5) is 0. The molecule has 0 aromatic rings. The molecule has 0 heterocycles. The standard InChI is InChI=1S/C9H20N2O2S/c1-8(7-10-2)14(12,13)11-9-5-3-4-6-9/h8-11H,3-7H2,1-2H3. The third-order valence-corrected chi connectivity index (χ3v) is 4.60. The lowest BCUT2D eigenvalue weighted by Crippen LogP contribution is -2.42. The van der Waals surface area contributed by atoms with Gasteiger partial charge >= 0.3 is 0 Å². The van der Waals surface area contributed by atoms with Crippen LogP contribution in [0, 0.1) is 0 Å². The van der Waals surface area contributed by atoms with Gasteiger partial charge < -0.3 is 5.32 Å². The molecule has 0 aromatic heterocycles. The van der Waals surface area contributed by atoms with Gasteiger partial charge in [-0.05, 0) is 26.8 Å². The maximum Gasteiger partial charge on any atom is 0.215 e. The topological polar surface area (TPSA) is 58.2 Å². The van der Waals surface area contributed by atoms with Gasteiger partial charge in [0.1, 0.15) is 0 Å². The van der Waals surface area contributed by atoms with E-state index in [4.69, 9.17) is 0 Å². The van der Waals surface area contributed by atoms with E-state index in [9.17, 15) is 8.42 Å². The van der Waals surface area contributed by atoms with Gasteiger partial charge in [-0.15, -0.1) is 0 Å². The minimum Gasteiger partial charge on any atom is -0.318 e. The molecule has 1 rings (SSSR count). The Morgan fingerprint density at radius 2 is 1.93 bits per heavy atom. The highest BCUT2D eigenvalue weighted by atomic mass is 32.2. The normalized spacial score (nSPS) is 21.3. The van der Waals surface area contributed by atoms with Crippen molar-refractivity contribution in [2.24, 2.45) is 0 Å². The molecule has 0 bridgehead atoms. The monoisotopic (exact) mass is 220 g/mol. The van der Waals surface area contributed by atoms with Gasteiger partial charge in [-0.2, -0.15) is 0 Å². The molecule has 1 aliphatic carbocycles. The molecule has 1 atom stereocenters. The van der Waals surface area contributed by atoms with E-state index in [1.807, 2.05) is 0 Å². The van der Waals surface area contributed by atoms with Gasteiger partial charge in [-0.3, -0.25) is 0 Å².